The average Bonchev–Trinajstić information content (AvgIpc) is 3.20. The second kappa shape index (κ2) is 8.98. The molecule has 0 saturated heterocycles. The molecule has 2 aromatic carbocycles. The van der Waals surface area contributed by atoms with Crippen LogP contribution in [0, 0.1) is 0 Å². The van der Waals surface area contributed by atoms with Gasteiger partial charge in [0, 0.05) is 22.2 Å². The van der Waals surface area contributed by atoms with Gasteiger partial charge in [-0.25, -0.2) is 18.6 Å². The summed E-state index contributed by atoms with van der Waals surface area (Å²) >= 11 is 6.18. The molecule has 0 aromatic heterocycles. The molecule has 0 unspecified atom stereocenters. The van der Waals surface area contributed by atoms with Gasteiger partial charge in [-0.2, -0.15) is 5.10 Å². The van der Waals surface area contributed by atoms with Gasteiger partial charge in [0.05, 0.1) is 10.6 Å². The van der Waals surface area contributed by atoms with Crippen LogP contribution in [0.5, 0.6) is 5.75 Å². The van der Waals surface area contributed by atoms with Crippen molar-refractivity contribution in [1.29, 1.82) is 0 Å². The number of nitrogens with zero attached hydrogens (tertiary/aromatic N) is 1. The summed E-state index contributed by atoms with van der Waals surface area (Å²) in [6.07, 6.45) is 5.97. The quantitative estimate of drug-likeness (QED) is 0.589. The van der Waals surface area contributed by atoms with Gasteiger partial charge in [0.1, 0.15) is 5.75 Å². The first-order valence-corrected chi connectivity index (χ1v) is 12.2. The topological polar surface area (TPSA) is 108 Å². The number of phenolic OH excluding ortho intramolecular Hbond substituents is 1. The third-order valence-corrected chi connectivity index (χ3v) is 7.63. The minimum absolute atomic E-state index is 0.0500. The van der Waals surface area contributed by atoms with E-state index in [2.05, 4.69) is 15.2 Å². The number of carbonyl (C=O) groups is 1. The van der Waals surface area contributed by atoms with Crippen LogP contribution in [0.1, 0.15) is 60.0 Å². The number of hydrazone groups is 1. The first-order valence-electron chi connectivity index (χ1n) is 10.3. The summed E-state index contributed by atoms with van der Waals surface area (Å²) in [5.41, 5.74) is 4.53. The fourth-order valence-electron chi connectivity index (χ4n) is 4.15. The number of amides is 1. The van der Waals surface area contributed by atoms with E-state index in [9.17, 15) is 18.3 Å². The van der Waals surface area contributed by atoms with Crippen molar-refractivity contribution in [2.45, 2.75) is 55.9 Å². The van der Waals surface area contributed by atoms with E-state index < -0.39 is 15.9 Å². The fourth-order valence-corrected chi connectivity index (χ4v) is 5.75. The lowest BCUT2D eigenvalue weighted by Gasteiger charge is -2.22. The van der Waals surface area contributed by atoms with Crippen LogP contribution in [0.15, 0.2) is 46.4 Å². The standard InChI is InChI=1S/C22H24ClN3O4S/c23-18-10-12-20(27)21-17(18)9-11-19(21)24-25-22(28)14-5-4-8-16(13-14)31(29,30)26-15-6-2-1-3-7-15/h4-5,8,10,12-13,15,26-27H,1-3,6-7,9,11H2,(H,25,28)/b24-19+. The molecule has 0 atom stereocenters. The second-order valence-corrected chi connectivity index (χ2v) is 10.0. The zero-order valence-corrected chi connectivity index (χ0v) is 18.5. The number of phenols is 1. The van der Waals surface area contributed by atoms with Gasteiger partial charge in [-0.1, -0.05) is 36.9 Å². The monoisotopic (exact) mass is 461 g/mol. The molecular weight excluding hydrogens is 438 g/mol. The van der Waals surface area contributed by atoms with E-state index in [1.54, 1.807) is 6.07 Å². The Morgan fingerprint density at radius 2 is 1.87 bits per heavy atom. The normalized spacial score (nSPS) is 18.2. The third kappa shape index (κ3) is 4.76. The number of nitrogens with one attached hydrogen (secondary N) is 2. The maximum atomic E-state index is 12.7. The van der Waals surface area contributed by atoms with Crippen LogP contribution in [-0.2, 0) is 16.4 Å². The molecule has 0 bridgehead atoms. The molecule has 4 rings (SSSR count). The lowest BCUT2D eigenvalue weighted by molar-refractivity contribution is 0.0954. The van der Waals surface area contributed by atoms with E-state index in [1.807, 2.05) is 0 Å². The van der Waals surface area contributed by atoms with E-state index in [1.165, 1.54) is 30.3 Å². The Morgan fingerprint density at radius 3 is 2.65 bits per heavy atom. The van der Waals surface area contributed by atoms with E-state index >= 15 is 0 Å². The van der Waals surface area contributed by atoms with Crippen LogP contribution in [-0.4, -0.2) is 31.2 Å². The SMILES string of the molecule is O=C(N/N=C1\CCc2c(Cl)ccc(O)c21)c1cccc(S(=O)(=O)NC2CCCCC2)c1. The molecular formula is C22H24ClN3O4S. The molecule has 2 aromatic rings. The van der Waals surface area contributed by atoms with Gasteiger partial charge in [0.2, 0.25) is 10.0 Å². The van der Waals surface area contributed by atoms with Gasteiger partial charge >= 0.3 is 0 Å². The highest BCUT2D eigenvalue weighted by atomic mass is 35.5. The van der Waals surface area contributed by atoms with Gasteiger partial charge in [-0.15, -0.1) is 0 Å². The van der Waals surface area contributed by atoms with Crippen LogP contribution in [0.4, 0.5) is 0 Å². The smallest absolute Gasteiger partial charge is 0.271 e. The van der Waals surface area contributed by atoms with Crippen molar-refractivity contribution in [3.05, 3.63) is 58.1 Å². The molecule has 0 heterocycles. The van der Waals surface area contributed by atoms with Gasteiger partial charge in [-0.3, -0.25) is 4.79 Å². The average molecular weight is 462 g/mol. The van der Waals surface area contributed by atoms with E-state index in [-0.39, 0.29) is 22.3 Å². The van der Waals surface area contributed by atoms with Crippen molar-refractivity contribution in [2.75, 3.05) is 0 Å². The minimum atomic E-state index is -3.71. The molecule has 9 heteroatoms. The van der Waals surface area contributed by atoms with Crippen molar-refractivity contribution in [1.82, 2.24) is 10.1 Å². The Hall–Kier alpha value is -2.42. The fraction of sp³-hybridized carbons (Fsp3) is 0.364. The number of hydrogen-bond donors (Lipinski definition) is 3. The van der Waals surface area contributed by atoms with Gasteiger partial charge in [-0.05, 0) is 61.6 Å². The van der Waals surface area contributed by atoms with Crippen molar-refractivity contribution in [3.63, 3.8) is 0 Å². The zero-order valence-electron chi connectivity index (χ0n) is 16.9. The van der Waals surface area contributed by atoms with Gasteiger partial charge in [0.25, 0.3) is 5.91 Å². The summed E-state index contributed by atoms with van der Waals surface area (Å²) in [7, 11) is -3.71. The van der Waals surface area contributed by atoms with E-state index in [0.29, 0.717) is 29.1 Å². The Kier molecular flexibility index (Phi) is 6.31. The minimum Gasteiger partial charge on any atom is -0.507 e. The molecule has 3 N–H and O–H groups in total. The number of carbonyl (C=O) groups excluding carboxylic acids is 1. The Balaban J connectivity index is 1.50. The third-order valence-electron chi connectivity index (χ3n) is 5.76. The van der Waals surface area contributed by atoms with Crippen LogP contribution >= 0.6 is 11.6 Å². The van der Waals surface area contributed by atoms with Crippen LogP contribution in [0.3, 0.4) is 0 Å². The molecule has 7 nitrogen and oxygen atoms in total. The second-order valence-electron chi connectivity index (χ2n) is 7.90. The van der Waals surface area contributed by atoms with Crippen LogP contribution in [0.25, 0.3) is 0 Å². The summed E-state index contributed by atoms with van der Waals surface area (Å²) in [6.45, 7) is 0. The highest BCUT2D eigenvalue weighted by molar-refractivity contribution is 7.89. The van der Waals surface area contributed by atoms with Crippen molar-refractivity contribution in [2.24, 2.45) is 5.10 Å². The van der Waals surface area contributed by atoms with Gasteiger partial charge < -0.3 is 5.11 Å². The highest BCUT2D eigenvalue weighted by Crippen LogP contribution is 2.35. The number of hydrogen-bond acceptors (Lipinski definition) is 5. The molecule has 0 aliphatic heterocycles. The molecule has 2 aliphatic rings. The largest absolute Gasteiger partial charge is 0.507 e. The summed E-state index contributed by atoms with van der Waals surface area (Å²) in [5, 5.41) is 14.9. The lowest BCUT2D eigenvalue weighted by Crippen LogP contribution is -2.36. The first-order chi connectivity index (χ1) is 14.8. The molecule has 0 radical (unpaired) electrons. The number of aromatic hydroxyl groups is 1. The number of sulfonamides is 1. The number of benzene rings is 2. The molecule has 1 fully saturated rings. The van der Waals surface area contributed by atoms with Crippen molar-refractivity contribution >= 4 is 33.2 Å². The maximum absolute atomic E-state index is 12.7. The van der Waals surface area contributed by atoms with Crippen LogP contribution in [0.2, 0.25) is 5.02 Å². The predicted octanol–water partition coefficient (Wildman–Crippen LogP) is 3.74. The predicted molar refractivity (Wildman–Crippen MR) is 119 cm³/mol. The van der Waals surface area contributed by atoms with E-state index in [4.69, 9.17) is 11.6 Å². The number of rotatable bonds is 5. The summed E-state index contributed by atoms with van der Waals surface area (Å²) in [4.78, 5) is 12.7. The summed E-state index contributed by atoms with van der Waals surface area (Å²) in [5.74, 6) is -0.469. The van der Waals surface area contributed by atoms with Crippen LogP contribution < -0.4 is 10.1 Å². The molecule has 1 amide bonds. The molecule has 31 heavy (non-hydrogen) atoms. The van der Waals surface area contributed by atoms with Gasteiger partial charge in [0.15, 0.2) is 0 Å². The number of fused-ring (bicyclic) bond motifs is 1. The maximum Gasteiger partial charge on any atom is 0.271 e. The Morgan fingerprint density at radius 1 is 1.10 bits per heavy atom. The molecule has 0 spiro atoms. The summed E-state index contributed by atoms with van der Waals surface area (Å²) in [6, 6.07) is 8.95. The molecule has 2 aliphatic carbocycles. The Bertz CT molecular complexity index is 1140. The number of halogens is 1. The highest BCUT2D eigenvalue weighted by Gasteiger charge is 2.25. The van der Waals surface area contributed by atoms with Crippen molar-refractivity contribution < 1.29 is 18.3 Å². The van der Waals surface area contributed by atoms with E-state index in [0.717, 1.165) is 37.7 Å². The molecule has 1 saturated carbocycles. The van der Waals surface area contributed by atoms with Crippen molar-refractivity contribution in [3.8, 4) is 5.75 Å². The zero-order chi connectivity index (χ0) is 22.0. The lowest BCUT2D eigenvalue weighted by atomic mass is 9.96. The first kappa shape index (κ1) is 21.8. The summed E-state index contributed by atoms with van der Waals surface area (Å²) < 4.78 is 28.2. The molecule has 164 valence electrons. The Labute approximate surface area is 186 Å².